The van der Waals surface area contributed by atoms with E-state index < -0.39 is 5.60 Å². The fourth-order valence-electron chi connectivity index (χ4n) is 3.15. The van der Waals surface area contributed by atoms with Gasteiger partial charge in [0.05, 0.1) is 23.8 Å². The summed E-state index contributed by atoms with van der Waals surface area (Å²) in [6.07, 6.45) is 8.99. The summed E-state index contributed by atoms with van der Waals surface area (Å²) in [6.45, 7) is 11.3. The summed E-state index contributed by atoms with van der Waals surface area (Å²) in [4.78, 5) is 23.1. The summed E-state index contributed by atoms with van der Waals surface area (Å²) in [7, 11) is 0. The highest BCUT2D eigenvalue weighted by molar-refractivity contribution is 5.68. The van der Waals surface area contributed by atoms with E-state index in [1.807, 2.05) is 44.0 Å². The number of carbonyl (C=O) groups excluding carboxylic acids is 1. The lowest BCUT2D eigenvalue weighted by atomic mass is 10.0. The van der Waals surface area contributed by atoms with Gasteiger partial charge in [0.2, 0.25) is 0 Å². The van der Waals surface area contributed by atoms with Crippen molar-refractivity contribution in [2.24, 2.45) is 5.92 Å². The Hall–Kier alpha value is -2.44. The Kier molecular flexibility index (Phi) is 5.48. The highest BCUT2D eigenvalue weighted by atomic mass is 16.6. The van der Waals surface area contributed by atoms with Gasteiger partial charge in [-0.2, -0.15) is 5.10 Å². The molecule has 7 nitrogen and oxygen atoms in total. The van der Waals surface area contributed by atoms with Crippen molar-refractivity contribution < 1.29 is 9.53 Å². The van der Waals surface area contributed by atoms with E-state index >= 15 is 0 Å². The predicted octanol–water partition coefficient (Wildman–Crippen LogP) is 3.72. The summed E-state index contributed by atoms with van der Waals surface area (Å²) >= 11 is 0. The van der Waals surface area contributed by atoms with Crippen molar-refractivity contribution in [2.45, 2.75) is 59.1 Å². The standard InChI is InChI=1S/C20H29N5O2/c1-14(2)25-13-16(9-23-25)18-11-21-17(10-22-18)8-15-6-7-24(12-15)19(26)27-20(3,4)5/h9-11,13-15H,6-8,12H2,1-5H3/t15-/m1/s1. The van der Waals surface area contributed by atoms with Crippen LogP contribution in [0.3, 0.4) is 0 Å². The second-order valence-corrected chi connectivity index (χ2v) is 8.48. The fraction of sp³-hybridized carbons (Fsp3) is 0.600. The average Bonchev–Trinajstić information content (AvgIpc) is 3.23. The summed E-state index contributed by atoms with van der Waals surface area (Å²) < 4.78 is 7.37. The van der Waals surface area contributed by atoms with Gasteiger partial charge in [-0.05, 0) is 53.4 Å². The van der Waals surface area contributed by atoms with Gasteiger partial charge < -0.3 is 9.64 Å². The molecule has 1 amide bonds. The molecule has 1 aliphatic heterocycles. The van der Waals surface area contributed by atoms with Crippen LogP contribution in [-0.4, -0.2) is 49.4 Å². The minimum Gasteiger partial charge on any atom is -0.444 e. The number of rotatable bonds is 4. The van der Waals surface area contributed by atoms with E-state index in [0.717, 1.165) is 36.3 Å². The van der Waals surface area contributed by atoms with Crippen LogP contribution >= 0.6 is 0 Å². The third-order valence-electron chi connectivity index (χ3n) is 4.57. The molecule has 146 valence electrons. The van der Waals surface area contributed by atoms with Gasteiger partial charge in [0.1, 0.15) is 5.60 Å². The van der Waals surface area contributed by atoms with Crippen LogP contribution in [-0.2, 0) is 11.2 Å². The van der Waals surface area contributed by atoms with Gasteiger partial charge in [-0.3, -0.25) is 14.6 Å². The number of hydrogen-bond acceptors (Lipinski definition) is 5. The number of hydrogen-bond donors (Lipinski definition) is 0. The minimum atomic E-state index is -0.458. The zero-order valence-corrected chi connectivity index (χ0v) is 16.8. The molecule has 1 atom stereocenters. The molecule has 3 rings (SSSR count). The van der Waals surface area contributed by atoms with E-state index in [4.69, 9.17) is 4.74 Å². The topological polar surface area (TPSA) is 73.1 Å². The molecule has 0 N–H and O–H groups in total. The SMILES string of the molecule is CC(C)n1cc(-c2cnc(C[C@H]3CCN(C(=O)OC(C)(C)C)C3)cn2)cn1. The summed E-state index contributed by atoms with van der Waals surface area (Å²) in [5, 5.41) is 4.35. The average molecular weight is 371 g/mol. The van der Waals surface area contributed by atoms with Crippen LogP contribution in [0.25, 0.3) is 11.3 Å². The second kappa shape index (κ2) is 7.66. The normalized spacial score (nSPS) is 17.6. The van der Waals surface area contributed by atoms with Crippen LogP contribution in [0.4, 0.5) is 4.79 Å². The lowest BCUT2D eigenvalue weighted by Gasteiger charge is -2.24. The van der Waals surface area contributed by atoms with Gasteiger partial charge >= 0.3 is 6.09 Å². The molecule has 0 aromatic carbocycles. The highest BCUT2D eigenvalue weighted by Gasteiger charge is 2.30. The van der Waals surface area contributed by atoms with Crippen LogP contribution in [0, 0.1) is 5.92 Å². The second-order valence-electron chi connectivity index (χ2n) is 8.48. The number of nitrogens with zero attached hydrogens (tertiary/aromatic N) is 5. The molecular weight excluding hydrogens is 342 g/mol. The van der Waals surface area contributed by atoms with Crippen molar-refractivity contribution in [2.75, 3.05) is 13.1 Å². The van der Waals surface area contributed by atoms with E-state index in [0.29, 0.717) is 18.5 Å². The first kappa shape index (κ1) is 19.3. The van der Waals surface area contributed by atoms with Crippen LogP contribution in [0.15, 0.2) is 24.8 Å². The van der Waals surface area contributed by atoms with Gasteiger partial charge in [0, 0.05) is 37.1 Å². The molecular formula is C20H29N5O2. The third-order valence-corrected chi connectivity index (χ3v) is 4.57. The van der Waals surface area contributed by atoms with Gasteiger partial charge in [-0.25, -0.2) is 4.79 Å². The Balaban J connectivity index is 1.56. The van der Waals surface area contributed by atoms with Gasteiger partial charge in [-0.1, -0.05) is 0 Å². The maximum Gasteiger partial charge on any atom is 0.410 e. The molecule has 7 heteroatoms. The zero-order valence-electron chi connectivity index (χ0n) is 16.8. The van der Waals surface area contributed by atoms with E-state index in [2.05, 4.69) is 28.9 Å². The Morgan fingerprint density at radius 1 is 1.26 bits per heavy atom. The molecule has 0 radical (unpaired) electrons. The number of ether oxygens (including phenoxy) is 1. The third kappa shape index (κ3) is 5.05. The Morgan fingerprint density at radius 2 is 2.04 bits per heavy atom. The maximum absolute atomic E-state index is 12.2. The number of aromatic nitrogens is 4. The maximum atomic E-state index is 12.2. The van der Waals surface area contributed by atoms with Crippen molar-refractivity contribution in [1.29, 1.82) is 0 Å². The summed E-state index contributed by atoms with van der Waals surface area (Å²) in [5.74, 6) is 0.390. The summed E-state index contributed by atoms with van der Waals surface area (Å²) in [5.41, 5.74) is 2.29. The van der Waals surface area contributed by atoms with E-state index in [-0.39, 0.29) is 6.09 Å². The largest absolute Gasteiger partial charge is 0.444 e. The first-order valence-corrected chi connectivity index (χ1v) is 9.54. The smallest absolute Gasteiger partial charge is 0.410 e. The quantitative estimate of drug-likeness (QED) is 0.819. The van der Waals surface area contributed by atoms with Crippen LogP contribution in [0.5, 0.6) is 0 Å². The number of amides is 1. The molecule has 2 aromatic heterocycles. The van der Waals surface area contributed by atoms with E-state index in [9.17, 15) is 4.79 Å². The van der Waals surface area contributed by atoms with Crippen molar-refractivity contribution in [1.82, 2.24) is 24.6 Å². The Bertz CT molecular complexity index is 776. The minimum absolute atomic E-state index is 0.228. The van der Waals surface area contributed by atoms with Crippen LogP contribution in [0.2, 0.25) is 0 Å². The monoisotopic (exact) mass is 371 g/mol. The molecule has 1 aliphatic rings. The molecule has 0 bridgehead atoms. The molecule has 27 heavy (non-hydrogen) atoms. The number of likely N-dealkylation sites (tertiary alicyclic amines) is 1. The first-order valence-electron chi connectivity index (χ1n) is 9.54. The van der Waals surface area contributed by atoms with Crippen LogP contribution < -0.4 is 0 Å². The van der Waals surface area contributed by atoms with E-state index in [1.54, 1.807) is 11.1 Å². The van der Waals surface area contributed by atoms with Gasteiger partial charge in [-0.15, -0.1) is 0 Å². The van der Waals surface area contributed by atoms with Crippen molar-refractivity contribution in [3.8, 4) is 11.3 Å². The Morgan fingerprint density at radius 3 is 2.63 bits per heavy atom. The van der Waals surface area contributed by atoms with Gasteiger partial charge in [0.25, 0.3) is 0 Å². The summed E-state index contributed by atoms with van der Waals surface area (Å²) in [6, 6.07) is 0.321. The molecule has 1 saturated heterocycles. The zero-order chi connectivity index (χ0) is 19.6. The van der Waals surface area contributed by atoms with Crippen molar-refractivity contribution >= 4 is 6.09 Å². The molecule has 0 aliphatic carbocycles. The van der Waals surface area contributed by atoms with Crippen molar-refractivity contribution in [3.05, 3.63) is 30.5 Å². The van der Waals surface area contributed by atoms with Crippen LogP contribution in [0.1, 0.15) is 52.8 Å². The lowest BCUT2D eigenvalue weighted by Crippen LogP contribution is -2.35. The predicted molar refractivity (Wildman–Crippen MR) is 103 cm³/mol. The van der Waals surface area contributed by atoms with Gasteiger partial charge in [0.15, 0.2) is 0 Å². The lowest BCUT2D eigenvalue weighted by molar-refractivity contribution is 0.0288. The molecule has 2 aromatic rings. The van der Waals surface area contributed by atoms with Crippen molar-refractivity contribution in [3.63, 3.8) is 0 Å². The number of carbonyl (C=O) groups is 1. The highest BCUT2D eigenvalue weighted by Crippen LogP contribution is 2.23. The molecule has 0 unspecified atom stereocenters. The fourth-order valence-corrected chi connectivity index (χ4v) is 3.15. The first-order chi connectivity index (χ1) is 12.7. The molecule has 0 spiro atoms. The molecule has 0 saturated carbocycles. The van der Waals surface area contributed by atoms with E-state index in [1.165, 1.54) is 0 Å². The molecule has 3 heterocycles. The molecule has 1 fully saturated rings. The Labute approximate surface area is 160 Å².